The molecule has 5 atom stereocenters. The number of nitrogens with one attached hydrogen (secondary N) is 2. The number of anilines is 1. The first-order chi connectivity index (χ1) is 18.7. The van der Waals surface area contributed by atoms with E-state index in [9.17, 15) is 22.8 Å². The topological polar surface area (TPSA) is 132 Å². The zero-order chi connectivity index (χ0) is 29.5. The summed E-state index contributed by atoms with van der Waals surface area (Å²) in [7, 11) is 0. The predicted octanol–water partition coefficient (Wildman–Crippen LogP) is 4.40. The molecule has 1 aliphatic heterocycles. The maximum absolute atomic E-state index is 15.2. The molecule has 1 saturated carbocycles. The van der Waals surface area contributed by atoms with E-state index in [0.29, 0.717) is 6.42 Å². The highest BCUT2D eigenvalue weighted by atomic mass is 32.2. The average molecular weight is 583 g/mol. The van der Waals surface area contributed by atoms with E-state index < -0.39 is 40.7 Å². The molecule has 2 aliphatic rings. The quantitative estimate of drug-likeness (QED) is 0.374. The van der Waals surface area contributed by atoms with Gasteiger partial charge in [-0.15, -0.1) is 0 Å². The molecule has 0 spiro atoms. The van der Waals surface area contributed by atoms with Crippen LogP contribution in [0.3, 0.4) is 0 Å². The number of fused-ring (bicyclic) bond motifs is 1. The Hall–Kier alpha value is -3.42. The summed E-state index contributed by atoms with van der Waals surface area (Å²) in [5, 5.41) is 5.83. The molecule has 0 saturated heterocycles. The van der Waals surface area contributed by atoms with Gasteiger partial charge in [0.15, 0.2) is 11.8 Å². The highest BCUT2D eigenvalue weighted by Crippen LogP contribution is 2.66. The number of thioether (sulfide) groups is 1. The Bertz CT molecular complexity index is 1320. The Morgan fingerprint density at radius 1 is 1.25 bits per heavy atom. The molecule has 14 heteroatoms. The maximum atomic E-state index is 15.2. The summed E-state index contributed by atoms with van der Waals surface area (Å²) in [5.74, 6) is -1.92. The van der Waals surface area contributed by atoms with Gasteiger partial charge >= 0.3 is 6.18 Å². The van der Waals surface area contributed by atoms with Crippen LogP contribution in [0.1, 0.15) is 56.6 Å². The van der Waals surface area contributed by atoms with Crippen LogP contribution in [0.25, 0.3) is 0 Å². The van der Waals surface area contributed by atoms with Crippen LogP contribution in [0, 0.1) is 17.7 Å². The van der Waals surface area contributed by atoms with E-state index in [2.05, 4.69) is 37.3 Å². The number of benzene rings is 1. The minimum Gasteiger partial charge on any atom is -0.467 e. The van der Waals surface area contributed by atoms with Crippen LogP contribution in [0.2, 0.25) is 0 Å². The van der Waals surface area contributed by atoms with Crippen molar-refractivity contribution >= 4 is 34.4 Å². The molecular formula is C26H30F4N6O3S. The first kappa shape index (κ1) is 29.6. The van der Waals surface area contributed by atoms with Crippen molar-refractivity contribution in [2.75, 3.05) is 11.9 Å². The Labute approximate surface area is 232 Å². The smallest absolute Gasteiger partial charge is 0.422 e. The lowest BCUT2D eigenvalue weighted by Gasteiger charge is -2.34. The van der Waals surface area contributed by atoms with Crippen molar-refractivity contribution in [3.8, 4) is 5.88 Å². The predicted molar refractivity (Wildman–Crippen MR) is 142 cm³/mol. The zero-order valence-electron chi connectivity index (χ0n) is 22.3. The molecule has 0 radical (unpaired) electrons. The Kier molecular flexibility index (Phi) is 8.03. The highest BCUT2D eigenvalue weighted by molar-refractivity contribution is 8.15. The van der Waals surface area contributed by atoms with E-state index >= 15 is 4.39 Å². The van der Waals surface area contributed by atoms with Crippen molar-refractivity contribution in [3.63, 3.8) is 0 Å². The van der Waals surface area contributed by atoms with Crippen LogP contribution in [-0.2, 0) is 10.3 Å². The minimum atomic E-state index is -4.55. The van der Waals surface area contributed by atoms with Gasteiger partial charge in [-0.25, -0.2) is 14.4 Å². The number of carbonyl (C=O) groups is 2. The molecule has 2 heterocycles. The number of ether oxygens (including phenoxy) is 1. The van der Waals surface area contributed by atoms with E-state index in [1.165, 1.54) is 30.0 Å². The van der Waals surface area contributed by atoms with Gasteiger partial charge in [-0.2, -0.15) is 13.2 Å². The normalized spacial score (nSPS) is 25.2. The average Bonchev–Trinajstić information content (AvgIpc) is 3.64. The van der Waals surface area contributed by atoms with Gasteiger partial charge in [0.1, 0.15) is 16.3 Å². The molecule has 9 nitrogen and oxygen atoms in total. The lowest BCUT2D eigenvalue weighted by Crippen LogP contribution is -2.48. The third-order valence-corrected chi connectivity index (χ3v) is 8.77. The summed E-state index contributed by atoms with van der Waals surface area (Å²) in [6, 6.07) is 3.90. The summed E-state index contributed by atoms with van der Waals surface area (Å²) in [6.45, 7) is 6.22. The fourth-order valence-electron chi connectivity index (χ4n) is 4.75. The standard InChI is InChI=1S/C26H30F4N6O3S/c1-5-13(2)14(3)34-22(38)25-9-19(25)24(4,36-23(31)40-25)16-8-15(6-7-17(16)27)35-21(37)18-10-33-20(11-32-18)39-12-26(28,29)30/h6-8,10-11,13-14,19H,5,9,12H2,1-4H3,(H2,31,36)(H,34,38)(H,35,37)/t13-,14?,19-,24+,25-/m0/s1. The number of amides is 2. The van der Waals surface area contributed by atoms with Crippen LogP contribution in [0.5, 0.6) is 5.88 Å². The summed E-state index contributed by atoms with van der Waals surface area (Å²) >= 11 is 1.19. The number of halogens is 4. The minimum absolute atomic E-state index is 0.0521. The molecule has 1 aromatic heterocycles. The Morgan fingerprint density at radius 2 is 1.98 bits per heavy atom. The fraction of sp³-hybridized carbons (Fsp3) is 0.500. The van der Waals surface area contributed by atoms with Gasteiger partial charge in [0.05, 0.1) is 17.9 Å². The van der Waals surface area contributed by atoms with E-state index in [0.717, 1.165) is 18.8 Å². The summed E-state index contributed by atoms with van der Waals surface area (Å²) < 4.78 is 55.8. The molecule has 1 fully saturated rings. The lowest BCUT2D eigenvalue weighted by atomic mass is 9.85. The molecule has 1 unspecified atom stereocenters. The van der Waals surface area contributed by atoms with Crippen LogP contribution >= 0.6 is 11.8 Å². The van der Waals surface area contributed by atoms with E-state index in [1.807, 2.05) is 13.8 Å². The van der Waals surface area contributed by atoms with Gasteiger partial charge < -0.3 is 21.1 Å². The van der Waals surface area contributed by atoms with Crippen LogP contribution in [0.4, 0.5) is 23.2 Å². The molecule has 40 heavy (non-hydrogen) atoms. The number of carbonyl (C=O) groups excluding carboxylic acids is 2. The molecule has 1 aliphatic carbocycles. The van der Waals surface area contributed by atoms with E-state index in [4.69, 9.17) is 5.73 Å². The monoisotopic (exact) mass is 582 g/mol. The van der Waals surface area contributed by atoms with Crippen molar-refractivity contribution in [2.45, 2.75) is 63.0 Å². The van der Waals surface area contributed by atoms with Gasteiger partial charge in [-0.3, -0.25) is 14.6 Å². The maximum Gasteiger partial charge on any atom is 0.422 e. The molecule has 4 N–H and O–H groups in total. The molecule has 1 aromatic carbocycles. The molecule has 216 valence electrons. The van der Waals surface area contributed by atoms with Crippen molar-refractivity contribution in [3.05, 3.63) is 47.7 Å². The third-order valence-electron chi connectivity index (χ3n) is 7.47. The van der Waals surface area contributed by atoms with Gasteiger partial charge in [0.2, 0.25) is 11.8 Å². The number of aromatic nitrogens is 2. The van der Waals surface area contributed by atoms with Gasteiger partial charge in [-0.05, 0) is 44.4 Å². The van der Waals surface area contributed by atoms with Crippen LogP contribution in [-0.4, -0.2) is 50.5 Å². The fourth-order valence-corrected chi connectivity index (χ4v) is 6.13. The van der Waals surface area contributed by atoms with Crippen LogP contribution in [0.15, 0.2) is 35.6 Å². The number of alkyl halides is 3. The second-order valence-electron chi connectivity index (χ2n) is 10.3. The SMILES string of the molecule is CC[C@H](C)C(C)NC(=O)[C@]12C[C@H]1[C@@](C)(c1cc(NC(=O)c3cnc(OCC(F)(F)F)cn3)ccc1F)N=C(N)S2. The van der Waals surface area contributed by atoms with Crippen molar-refractivity contribution in [1.29, 1.82) is 0 Å². The van der Waals surface area contributed by atoms with Gasteiger partial charge in [0.25, 0.3) is 5.91 Å². The molecular weight excluding hydrogens is 552 g/mol. The Balaban J connectivity index is 1.52. The first-order valence-electron chi connectivity index (χ1n) is 12.7. The number of nitrogens with zero attached hydrogens (tertiary/aromatic N) is 3. The summed E-state index contributed by atoms with van der Waals surface area (Å²) in [4.78, 5) is 38.1. The summed E-state index contributed by atoms with van der Waals surface area (Å²) in [5.41, 5.74) is 5.17. The molecule has 2 aromatic rings. The number of nitrogens with two attached hydrogens (primary N) is 1. The first-order valence-corrected chi connectivity index (χ1v) is 13.5. The highest BCUT2D eigenvalue weighted by Gasteiger charge is 2.70. The Morgan fingerprint density at radius 3 is 2.60 bits per heavy atom. The van der Waals surface area contributed by atoms with Crippen LogP contribution < -0.4 is 21.1 Å². The molecule has 2 amide bonds. The second kappa shape index (κ2) is 10.9. The van der Waals surface area contributed by atoms with Crippen molar-refractivity contribution < 1.29 is 31.9 Å². The number of aliphatic imine (C=N–C) groups is 1. The third kappa shape index (κ3) is 6.01. The van der Waals surface area contributed by atoms with Gasteiger partial charge in [-0.1, -0.05) is 32.0 Å². The second-order valence-corrected chi connectivity index (χ2v) is 11.6. The molecule has 0 bridgehead atoms. The molecule has 4 rings (SSSR count). The van der Waals surface area contributed by atoms with Crippen molar-refractivity contribution in [2.24, 2.45) is 22.6 Å². The van der Waals surface area contributed by atoms with E-state index in [-0.39, 0.29) is 45.9 Å². The summed E-state index contributed by atoms with van der Waals surface area (Å²) in [6.07, 6.45) is -1.33. The van der Waals surface area contributed by atoms with Crippen molar-refractivity contribution in [1.82, 2.24) is 15.3 Å². The number of hydrogen-bond acceptors (Lipinski definition) is 8. The zero-order valence-corrected chi connectivity index (χ0v) is 23.1. The number of hydrogen-bond donors (Lipinski definition) is 3. The van der Waals surface area contributed by atoms with E-state index in [1.54, 1.807) is 6.92 Å². The van der Waals surface area contributed by atoms with Gasteiger partial charge in [0, 0.05) is 23.2 Å². The number of amidine groups is 1. The number of rotatable bonds is 9. The largest absolute Gasteiger partial charge is 0.467 e. The lowest BCUT2D eigenvalue weighted by molar-refractivity contribution is -0.154.